The molecule has 0 unspecified atom stereocenters. The molecule has 1 heterocycles. The molecule has 1 aromatic heterocycles. The van der Waals surface area contributed by atoms with Crippen molar-refractivity contribution < 1.29 is 24.3 Å². The number of aromatic nitrogens is 2. The van der Waals surface area contributed by atoms with Crippen LogP contribution in [0, 0.1) is 6.92 Å². The van der Waals surface area contributed by atoms with Crippen LogP contribution >= 0.6 is 0 Å². The summed E-state index contributed by atoms with van der Waals surface area (Å²) in [5.41, 5.74) is -0.365. The maximum Gasteiger partial charge on any atom is 0.285 e. The van der Waals surface area contributed by atoms with Crippen LogP contribution in [0.1, 0.15) is 54.0 Å². The first-order valence-electron chi connectivity index (χ1n) is 8.92. The van der Waals surface area contributed by atoms with Crippen molar-refractivity contribution in [2.75, 3.05) is 7.11 Å². The number of hydrogen-bond donors (Lipinski definition) is 1. The highest BCUT2D eigenvalue weighted by atomic mass is 16.5. The number of benzene rings is 1. The van der Waals surface area contributed by atoms with E-state index in [0.29, 0.717) is 21.9 Å². The van der Waals surface area contributed by atoms with E-state index in [0.717, 1.165) is 0 Å². The normalized spacial score (nSPS) is 11.5. The van der Waals surface area contributed by atoms with Gasteiger partial charge in [-0.1, -0.05) is 0 Å². The summed E-state index contributed by atoms with van der Waals surface area (Å²) in [6, 6.07) is 5.10. The van der Waals surface area contributed by atoms with E-state index in [4.69, 9.17) is 9.47 Å². The topological polar surface area (TPSA) is 93.9 Å². The quantitative estimate of drug-likeness (QED) is 0.444. The molecule has 0 spiro atoms. The van der Waals surface area contributed by atoms with Crippen LogP contribution in [-0.2, 0) is 7.05 Å². The molecule has 0 saturated carbocycles. The minimum atomic E-state index is -1.51. The minimum absolute atomic E-state index is 0.0115. The lowest BCUT2D eigenvalue weighted by molar-refractivity contribution is -0.106. The van der Waals surface area contributed by atoms with E-state index in [1.807, 2.05) is 13.8 Å². The second kappa shape index (κ2) is 8.02. The Bertz CT molecular complexity index is 886. The second-order valence-corrected chi connectivity index (χ2v) is 7.37. The first kappa shape index (κ1) is 21.4. The summed E-state index contributed by atoms with van der Waals surface area (Å²) in [6.07, 6.45) is 1.44. The van der Waals surface area contributed by atoms with E-state index in [1.165, 1.54) is 31.8 Å². The zero-order valence-corrected chi connectivity index (χ0v) is 17.3. The Balaban J connectivity index is 2.32. The summed E-state index contributed by atoms with van der Waals surface area (Å²) in [5, 5.41) is 15.0. The first-order chi connectivity index (χ1) is 13.0. The molecule has 0 aliphatic rings. The van der Waals surface area contributed by atoms with E-state index in [-0.39, 0.29) is 17.5 Å². The van der Waals surface area contributed by atoms with Crippen LogP contribution in [0.3, 0.4) is 0 Å². The van der Waals surface area contributed by atoms with Gasteiger partial charge in [0.15, 0.2) is 5.78 Å². The number of amides is 1. The minimum Gasteiger partial charge on any atom is -0.491 e. The van der Waals surface area contributed by atoms with Crippen molar-refractivity contribution in [2.24, 2.45) is 7.05 Å². The van der Waals surface area contributed by atoms with Gasteiger partial charge in [-0.2, -0.15) is 0 Å². The summed E-state index contributed by atoms with van der Waals surface area (Å²) < 4.78 is 12.1. The lowest BCUT2D eigenvalue weighted by Gasteiger charge is -2.32. The van der Waals surface area contributed by atoms with Gasteiger partial charge >= 0.3 is 0 Å². The lowest BCUT2D eigenvalue weighted by atomic mass is 9.90. The summed E-state index contributed by atoms with van der Waals surface area (Å²) in [7, 11) is 3.00. The van der Waals surface area contributed by atoms with Gasteiger partial charge in [-0.3, -0.25) is 19.5 Å². The van der Waals surface area contributed by atoms with Crippen LogP contribution in [0.4, 0.5) is 0 Å². The first-order valence-corrected chi connectivity index (χ1v) is 8.92. The van der Waals surface area contributed by atoms with Crippen molar-refractivity contribution in [1.29, 1.82) is 0 Å². The number of methoxy groups -OCH3 is 1. The maximum absolute atomic E-state index is 13.1. The number of rotatable bonds is 7. The van der Waals surface area contributed by atoms with Crippen molar-refractivity contribution in [3.63, 3.8) is 0 Å². The van der Waals surface area contributed by atoms with Gasteiger partial charge in [0.2, 0.25) is 5.88 Å². The Morgan fingerprint density at radius 1 is 1.25 bits per heavy atom. The highest BCUT2D eigenvalue weighted by Gasteiger charge is 2.40. The van der Waals surface area contributed by atoms with E-state index in [2.05, 4.69) is 5.10 Å². The average molecular weight is 389 g/mol. The molecule has 0 aliphatic carbocycles. The Morgan fingerprint density at radius 2 is 1.89 bits per heavy atom. The van der Waals surface area contributed by atoms with Crippen LogP contribution in [-0.4, -0.2) is 50.5 Å². The molecule has 1 N–H and O–H groups in total. The van der Waals surface area contributed by atoms with E-state index >= 15 is 0 Å². The van der Waals surface area contributed by atoms with Crippen LogP contribution in [0.5, 0.6) is 11.6 Å². The van der Waals surface area contributed by atoms with E-state index < -0.39 is 17.2 Å². The Labute approximate surface area is 164 Å². The third-order valence-corrected chi connectivity index (χ3v) is 4.31. The van der Waals surface area contributed by atoms with Crippen molar-refractivity contribution in [1.82, 2.24) is 14.8 Å². The molecule has 152 valence electrons. The number of ether oxygens (including phenoxy) is 2. The molecule has 8 nitrogen and oxygen atoms in total. The number of aryl methyl sites for hydroxylation is 2. The van der Waals surface area contributed by atoms with Gasteiger partial charge in [-0.05, 0) is 58.4 Å². The molecule has 0 radical (unpaired) electrons. The molecule has 2 aromatic rings. The van der Waals surface area contributed by atoms with Crippen LogP contribution in [0.15, 0.2) is 24.4 Å². The number of hydroxylamine groups is 2. The highest BCUT2D eigenvalue weighted by molar-refractivity contribution is 6.07. The predicted molar refractivity (Wildman–Crippen MR) is 103 cm³/mol. The maximum atomic E-state index is 13.1. The molecule has 0 atom stereocenters. The van der Waals surface area contributed by atoms with Gasteiger partial charge in [-0.25, -0.2) is 5.06 Å². The van der Waals surface area contributed by atoms with Gasteiger partial charge in [-0.15, -0.1) is 5.10 Å². The van der Waals surface area contributed by atoms with Crippen LogP contribution in [0.2, 0.25) is 0 Å². The molecule has 0 aliphatic heterocycles. The monoisotopic (exact) mass is 389 g/mol. The van der Waals surface area contributed by atoms with Crippen LogP contribution < -0.4 is 9.47 Å². The van der Waals surface area contributed by atoms with Crippen molar-refractivity contribution in [3.05, 3.63) is 41.1 Å². The van der Waals surface area contributed by atoms with Gasteiger partial charge in [0.25, 0.3) is 5.91 Å². The molecule has 1 amide bonds. The third-order valence-electron chi connectivity index (χ3n) is 4.31. The number of carbonyl (C=O) groups is 2. The second-order valence-electron chi connectivity index (χ2n) is 7.37. The molecular weight excluding hydrogens is 362 g/mol. The molecule has 2 rings (SSSR count). The molecule has 0 bridgehead atoms. The predicted octanol–water partition coefficient (Wildman–Crippen LogP) is 3.02. The van der Waals surface area contributed by atoms with Gasteiger partial charge in [0.05, 0.1) is 13.2 Å². The Kier molecular flexibility index (Phi) is 6.14. The number of ketones is 1. The summed E-state index contributed by atoms with van der Waals surface area (Å²) in [6.45, 7) is 8.57. The van der Waals surface area contributed by atoms with Crippen molar-refractivity contribution >= 4 is 11.7 Å². The largest absolute Gasteiger partial charge is 0.491 e. The zero-order valence-electron chi connectivity index (χ0n) is 17.3. The van der Waals surface area contributed by atoms with Gasteiger partial charge in [0, 0.05) is 18.8 Å². The van der Waals surface area contributed by atoms with Gasteiger partial charge in [0.1, 0.15) is 16.9 Å². The smallest absolute Gasteiger partial charge is 0.285 e. The molecule has 1 aromatic carbocycles. The summed E-state index contributed by atoms with van der Waals surface area (Å²) in [5.74, 6) is -0.458. The lowest BCUT2D eigenvalue weighted by Crippen LogP contribution is -2.51. The SMILES string of the molecule is COc1nn(C)cc1C(=O)N(O)C(C)(C)C(=O)c1ccc(OC(C)C)cc1C. The molecule has 0 fully saturated rings. The molecule has 8 heteroatoms. The van der Waals surface area contributed by atoms with E-state index in [1.54, 1.807) is 32.2 Å². The van der Waals surface area contributed by atoms with Crippen molar-refractivity contribution in [2.45, 2.75) is 46.3 Å². The molecular formula is C20H27N3O5. The third kappa shape index (κ3) is 4.17. The number of carbonyl (C=O) groups excluding carboxylic acids is 2. The molecule has 0 saturated heterocycles. The summed E-state index contributed by atoms with van der Waals surface area (Å²) >= 11 is 0. The van der Waals surface area contributed by atoms with Gasteiger partial charge < -0.3 is 9.47 Å². The fourth-order valence-corrected chi connectivity index (χ4v) is 2.80. The average Bonchev–Trinajstić information content (AvgIpc) is 3.00. The number of hydrogen-bond acceptors (Lipinski definition) is 6. The number of nitrogens with zero attached hydrogens (tertiary/aromatic N) is 3. The fraction of sp³-hybridized carbons (Fsp3) is 0.450. The highest BCUT2D eigenvalue weighted by Crippen LogP contribution is 2.27. The van der Waals surface area contributed by atoms with Crippen LogP contribution in [0.25, 0.3) is 0 Å². The van der Waals surface area contributed by atoms with E-state index in [9.17, 15) is 14.8 Å². The Morgan fingerprint density at radius 3 is 2.43 bits per heavy atom. The zero-order chi connectivity index (χ0) is 21.2. The standard InChI is InChI=1S/C20H27N3O5/c1-12(2)28-14-8-9-15(13(3)10-14)17(24)20(4,5)23(26)19(25)16-11-22(6)21-18(16)27-7/h8-12,26H,1-7H3. The van der Waals surface area contributed by atoms with Crippen molar-refractivity contribution in [3.8, 4) is 11.6 Å². The fourth-order valence-electron chi connectivity index (χ4n) is 2.80. The number of Topliss-reactive ketones (excluding diaryl/α,β-unsaturated/α-hetero) is 1. The summed E-state index contributed by atoms with van der Waals surface area (Å²) in [4.78, 5) is 25.9. The Hall–Kier alpha value is -2.87. The molecule has 28 heavy (non-hydrogen) atoms.